The summed E-state index contributed by atoms with van der Waals surface area (Å²) in [5.41, 5.74) is 5.30. The molecule has 0 radical (unpaired) electrons. The van der Waals surface area contributed by atoms with Crippen LogP contribution in [0.15, 0.2) is 0 Å². The van der Waals surface area contributed by atoms with Gasteiger partial charge in [-0.1, -0.05) is 0 Å². The summed E-state index contributed by atoms with van der Waals surface area (Å²) in [5, 5.41) is 0. The van der Waals surface area contributed by atoms with E-state index in [-0.39, 0.29) is 5.91 Å². The van der Waals surface area contributed by atoms with Gasteiger partial charge in [-0.2, -0.15) is 0 Å². The van der Waals surface area contributed by atoms with E-state index in [9.17, 15) is 4.79 Å². The highest BCUT2D eigenvalue weighted by molar-refractivity contribution is 5.76. The number of nitrogens with zero attached hydrogens (tertiary/aromatic N) is 1. The molecule has 0 saturated carbocycles. The summed E-state index contributed by atoms with van der Waals surface area (Å²) in [4.78, 5) is 13.7. The van der Waals surface area contributed by atoms with Crippen molar-refractivity contribution in [2.24, 2.45) is 11.7 Å². The summed E-state index contributed by atoms with van der Waals surface area (Å²) >= 11 is 0. The molecule has 0 aromatic heterocycles. The first-order chi connectivity index (χ1) is 8.27. The van der Waals surface area contributed by atoms with E-state index < -0.39 is 0 Å². The summed E-state index contributed by atoms with van der Waals surface area (Å²) in [6.45, 7) is 4.03. The monoisotopic (exact) mass is 244 g/mol. The third-order valence-corrected chi connectivity index (χ3v) is 3.09. The van der Waals surface area contributed by atoms with Crippen LogP contribution in [-0.2, 0) is 14.3 Å². The molecule has 100 valence electrons. The Morgan fingerprint density at radius 3 is 2.65 bits per heavy atom. The quantitative estimate of drug-likeness (QED) is 0.651. The first-order valence-corrected chi connectivity index (χ1v) is 6.32. The predicted octanol–water partition coefficient (Wildman–Crippen LogP) is 0.237. The Bertz CT molecular complexity index is 216. The lowest BCUT2D eigenvalue weighted by Gasteiger charge is -2.31. The van der Waals surface area contributed by atoms with Crippen molar-refractivity contribution in [3.8, 4) is 0 Å². The zero-order valence-electron chi connectivity index (χ0n) is 10.7. The lowest BCUT2D eigenvalue weighted by Crippen LogP contribution is -2.39. The summed E-state index contributed by atoms with van der Waals surface area (Å²) in [7, 11) is 1.73. The molecular weight excluding hydrogens is 220 g/mol. The van der Waals surface area contributed by atoms with E-state index in [2.05, 4.69) is 0 Å². The number of piperidine rings is 1. The van der Waals surface area contributed by atoms with Gasteiger partial charge in [0.1, 0.15) is 0 Å². The van der Waals surface area contributed by atoms with Crippen LogP contribution in [-0.4, -0.2) is 57.4 Å². The van der Waals surface area contributed by atoms with Crippen LogP contribution >= 0.6 is 0 Å². The van der Waals surface area contributed by atoms with E-state index in [1.165, 1.54) is 0 Å². The maximum absolute atomic E-state index is 11.8. The van der Waals surface area contributed by atoms with Crippen molar-refractivity contribution in [1.82, 2.24) is 4.90 Å². The van der Waals surface area contributed by atoms with Crippen molar-refractivity contribution < 1.29 is 14.3 Å². The van der Waals surface area contributed by atoms with Crippen molar-refractivity contribution in [2.75, 3.05) is 46.6 Å². The molecule has 1 fully saturated rings. The van der Waals surface area contributed by atoms with Gasteiger partial charge in [0.15, 0.2) is 0 Å². The van der Waals surface area contributed by atoms with Crippen molar-refractivity contribution in [3.63, 3.8) is 0 Å². The summed E-state index contributed by atoms with van der Waals surface area (Å²) < 4.78 is 10.3. The number of methoxy groups -OCH3 is 1. The first kappa shape index (κ1) is 14.4. The third-order valence-electron chi connectivity index (χ3n) is 3.09. The van der Waals surface area contributed by atoms with Crippen LogP contribution in [0.3, 0.4) is 0 Å². The highest BCUT2D eigenvalue weighted by Crippen LogP contribution is 2.17. The number of hydrogen-bond acceptors (Lipinski definition) is 4. The molecule has 17 heavy (non-hydrogen) atoms. The van der Waals surface area contributed by atoms with Gasteiger partial charge in [-0.05, 0) is 18.8 Å². The van der Waals surface area contributed by atoms with E-state index >= 15 is 0 Å². The maximum atomic E-state index is 11.8. The molecule has 5 nitrogen and oxygen atoms in total. The summed E-state index contributed by atoms with van der Waals surface area (Å²) in [6, 6.07) is 0. The first-order valence-electron chi connectivity index (χ1n) is 6.32. The zero-order valence-corrected chi connectivity index (χ0v) is 10.7. The van der Waals surface area contributed by atoms with Crippen LogP contribution < -0.4 is 5.73 Å². The molecule has 2 N–H and O–H groups in total. The van der Waals surface area contributed by atoms with Gasteiger partial charge in [0.25, 0.3) is 0 Å². The fourth-order valence-electron chi connectivity index (χ4n) is 2.09. The second-order valence-electron chi connectivity index (χ2n) is 4.43. The lowest BCUT2D eigenvalue weighted by molar-refractivity contribution is -0.133. The molecule has 1 rings (SSSR count). The van der Waals surface area contributed by atoms with Gasteiger partial charge in [-0.3, -0.25) is 4.79 Å². The Kier molecular flexibility index (Phi) is 7.16. The number of rotatable bonds is 7. The number of carbonyl (C=O) groups excluding carboxylic acids is 1. The van der Waals surface area contributed by atoms with Gasteiger partial charge >= 0.3 is 0 Å². The lowest BCUT2D eigenvalue weighted by atomic mass is 9.97. The van der Waals surface area contributed by atoms with Crippen LogP contribution in [0.25, 0.3) is 0 Å². The third kappa shape index (κ3) is 5.48. The number of nitrogens with two attached hydrogens (primary N) is 1. The molecule has 0 aromatic carbocycles. The van der Waals surface area contributed by atoms with Crippen molar-refractivity contribution in [2.45, 2.75) is 19.3 Å². The Balaban J connectivity index is 2.12. The molecule has 1 amide bonds. The van der Waals surface area contributed by atoms with E-state index in [0.717, 1.165) is 32.5 Å². The number of amides is 1. The van der Waals surface area contributed by atoms with Crippen molar-refractivity contribution in [1.29, 1.82) is 0 Å². The van der Waals surface area contributed by atoms with Crippen LogP contribution in [0.1, 0.15) is 19.3 Å². The fraction of sp³-hybridized carbons (Fsp3) is 0.917. The average molecular weight is 244 g/mol. The number of ether oxygens (including phenoxy) is 2. The van der Waals surface area contributed by atoms with Crippen LogP contribution in [0.2, 0.25) is 0 Å². The molecule has 1 saturated heterocycles. The molecular formula is C12H24N2O3. The molecule has 5 heteroatoms. The Morgan fingerprint density at radius 2 is 2.06 bits per heavy atom. The minimum atomic E-state index is 0.192. The van der Waals surface area contributed by atoms with Crippen molar-refractivity contribution >= 4 is 5.91 Å². The van der Waals surface area contributed by atoms with Crippen LogP contribution in [0, 0.1) is 5.92 Å². The zero-order chi connectivity index (χ0) is 12.5. The molecule has 0 spiro atoms. The molecule has 1 aliphatic rings. The standard InChI is InChI=1S/C12H24N2O3/c1-16-10-11-2-6-14(7-3-11)12(15)4-8-17-9-5-13/h11H,2-10,13H2,1H3. The summed E-state index contributed by atoms with van der Waals surface area (Å²) in [6.07, 6.45) is 2.56. The van der Waals surface area contributed by atoms with Gasteiger partial charge in [0, 0.05) is 33.4 Å². The van der Waals surface area contributed by atoms with Crippen molar-refractivity contribution in [3.05, 3.63) is 0 Å². The van der Waals surface area contributed by atoms with Gasteiger partial charge < -0.3 is 20.1 Å². The van der Waals surface area contributed by atoms with E-state index in [0.29, 0.717) is 32.1 Å². The normalized spacial score (nSPS) is 17.4. The van der Waals surface area contributed by atoms with E-state index in [1.54, 1.807) is 7.11 Å². The highest BCUT2D eigenvalue weighted by Gasteiger charge is 2.22. The van der Waals surface area contributed by atoms with E-state index in [1.807, 2.05) is 4.90 Å². The smallest absolute Gasteiger partial charge is 0.224 e. The van der Waals surface area contributed by atoms with Gasteiger partial charge in [-0.25, -0.2) is 0 Å². The second kappa shape index (κ2) is 8.44. The van der Waals surface area contributed by atoms with Gasteiger partial charge in [0.05, 0.1) is 19.6 Å². The SMILES string of the molecule is COCC1CCN(C(=O)CCOCCN)CC1. The predicted molar refractivity (Wildman–Crippen MR) is 65.7 cm³/mol. The molecule has 0 aliphatic carbocycles. The molecule has 0 atom stereocenters. The Labute approximate surface area is 103 Å². The molecule has 0 bridgehead atoms. The minimum Gasteiger partial charge on any atom is -0.384 e. The average Bonchev–Trinajstić information content (AvgIpc) is 2.36. The number of hydrogen-bond donors (Lipinski definition) is 1. The largest absolute Gasteiger partial charge is 0.384 e. The van der Waals surface area contributed by atoms with Crippen LogP contribution in [0.5, 0.6) is 0 Å². The Hall–Kier alpha value is -0.650. The fourth-order valence-corrected chi connectivity index (χ4v) is 2.09. The number of likely N-dealkylation sites (tertiary alicyclic amines) is 1. The van der Waals surface area contributed by atoms with Crippen LogP contribution in [0.4, 0.5) is 0 Å². The topological polar surface area (TPSA) is 64.8 Å². The Morgan fingerprint density at radius 1 is 1.35 bits per heavy atom. The minimum absolute atomic E-state index is 0.192. The van der Waals surface area contributed by atoms with Gasteiger partial charge in [0.2, 0.25) is 5.91 Å². The molecule has 1 aliphatic heterocycles. The summed E-state index contributed by atoms with van der Waals surface area (Å²) in [5.74, 6) is 0.801. The highest BCUT2D eigenvalue weighted by atomic mass is 16.5. The molecule has 0 unspecified atom stereocenters. The molecule has 0 aromatic rings. The van der Waals surface area contributed by atoms with Gasteiger partial charge in [-0.15, -0.1) is 0 Å². The molecule has 1 heterocycles. The maximum Gasteiger partial charge on any atom is 0.224 e. The van der Waals surface area contributed by atoms with E-state index in [4.69, 9.17) is 15.2 Å². The number of carbonyl (C=O) groups is 1. The second-order valence-corrected chi connectivity index (χ2v) is 4.43.